The lowest BCUT2D eigenvalue weighted by molar-refractivity contribution is -0.141. The molecule has 0 aromatic rings. The van der Waals surface area contributed by atoms with Crippen molar-refractivity contribution in [3.05, 3.63) is 12.7 Å². The number of ether oxygens (including phenoxy) is 2. The molecule has 0 aromatic heterocycles. The minimum atomic E-state index is -0.176. The molecule has 6 heteroatoms. The average molecular weight is 245 g/mol. The van der Waals surface area contributed by atoms with E-state index in [2.05, 4.69) is 11.3 Å². The zero-order valence-electron chi connectivity index (χ0n) is 9.18. The zero-order chi connectivity index (χ0) is 12.0. The molecule has 0 bridgehead atoms. The molecular formula is C10H15NO4S. The molecule has 2 saturated heterocycles. The van der Waals surface area contributed by atoms with Crippen LogP contribution in [0.3, 0.4) is 0 Å². The Morgan fingerprint density at radius 2 is 2.56 bits per heavy atom. The summed E-state index contributed by atoms with van der Waals surface area (Å²) < 4.78 is 9.30. The van der Waals surface area contributed by atoms with E-state index in [-0.39, 0.29) is 17.6 Å². The highest BCUT2D eigenvalue weighted by atomic mass is 32.2. The van der Waals surface area contributed by atoms with Gasteiger partial charge in [0.05, 0.1) is 0 Å². The third-order valence-electron chi connectivity index (χ3n) is 1.93. The van der Waals surface area contributed by atoms with Crippen LogP contribution in [-0.2, 0) is 14.3 Å². The Morgan fingerprint density at radius 3 is 3.00 bits per heavy atom. The summed E-state index contributed by atoms with van der Waals surface area (Å²) in [7, 11) is 0. The Bertz CT molecular complexity index is 282. The van der Waals surface area contributed by atoms with E-state index in [9.17, 15) is 9.59 Å². The SMILES string of the molecule is C=CCOC(=O)CC.O=C1OC2SCCN12. The van der Waals surface area contributed by atoms with E-state index in [0.717, 1.165) is 12.3 Å². The summed E-state index contributed by atoms with van der Waals surface area (Å²) in [6.45, 7) is 6.34. The summed E-state index contributed by atoms with van der Waals surface area (Å²) in [5, 5.41) is 0. The van der Waals surface area contributed by atoms with Gasteiger partial charge in [-0.25, -0.2) is 4.79 Å². The van der Waals surface area contributed by atoms with Crippen LogP contribution < -0.4 is 0 Å². The van der Waals surface area contributed by atoms with Crippen LogP contribution in [0.1, 0.15) is 13.3 Å². The molecule has 90 valence electrons. The fourth-order valence-corrected chi connectivity index (χ4v) is 2.11. The maximum absolute atomic E-state index is 10.4. The van der Waals surface area contributed by atoms with Crippen LogP contribution in [0.4, 0.5) is 4.79 Å². The van der Waals surface area contributed by atoms with Gasteiger partial charge in [0.25, 0.3) is 0 Å². The van der Waals surface area contributed by atoms with Crippen LogP contribution in [0.25, 0.3) is 0 Å². The Kier molecular flexibility index (Phi) is 5.18. The molecule has 0 saturated carbocycles. The van der Waals surface area contributed by atoms with E-state index in [4.69, 9.17) is 4.74 Å². The molecule has 2 rings (SSSR count). The first-order valence-electron chi connectivity index (χ1n) is 5.04. The highest BCUT2D eigenvalue weighted by Gasteiger charge is 2.42. The van der Waals surface area contributed by atoms with Gasteiger partial charge in [-0.1, -0.05) is 31.3 Å². The highest BCUT2D eigenvalue weighted by molar-refractivity contribution is 8.00. The van der Waals surface area contributed by atoms with Gasteiger partial charge in [-0.2, -0.15) is 0 Å². The van der Waals surface area contributed by atoms with E-state index in [0.29, 0.717) is 13.0 Å². The number of thioether (sulfide) groups is 1. The Balaban J connectivity index is 0.000000160. The second-order valence-corrected chi connectivity index (χ2v) is 4.23. The van der Waals surface area contributed by atoms with Crippen LogP contribution in [0.2, 0.25) is 0 Å². The number of carbonyl (C=O) groups excluding carboxylic acids is 2. The molecule has 5 nitrogen and oxygen atoms in total. The van der Waals surface area contributed by atoms with Crippen molar-refractivity contribution in [2.45, 2.75) is 18.9 Å². The molecule has 2 aliphatic rings. The summed E-state index contributed by atoms with van der Waals surface area (Å²) >= 11 is 1.68. The van der Waals surface area contributed by atoms with Crippen LogP contribution >= 0.6 is 11.8 Å². The molecule has 0 aliphatic carbocycles. The summed E-state index contributed by atoms with van der Waals surface area (Å²) in [4.78, 5) is 22.4. The largest absolute Gasteiger partial charge is 0.461 e. The van der Waals surface area contributed by atoms with Gasteiger partial charge >= 0.3 is 12.1 Å². The van der Waals surface area contributed by atoms with Crippen LogP contribution in [0, 0.1) is 0 Å². The number of hydrogen-bond donors (Lipinski definition) is 0. The minimum absolute atomic E-state index is 0.0718. The molecule has 0 N–H and O–H groups in total. The van der Waals surface area contributed by atoms with Crippen molar-refractivity contribution < 1.29 is 19.1 Å². The van der Waals surface area contributed by atoms with Crippen LogP contribution in [-0.4, -0.2) is 41.4 Å². The van der Waals surface area contributed by atoms with E-state index >= 15 is 0 Å². The van der Waals surface area contributed by atoms with E-state index in [1.807, 2.05) is 0 Å². The first kappa shape index (κ1) is 12.9. The molecule has 0 radical (unpaired) electrons. The first-order chi connectivity index (χ1) is 7.69. The lowest BCUT2D eigenvalue weighted by Gasteiger charge is -2.32. The fourth-order valence-electron chi connectivity index (χ4n) is 1.08. The average Bonchev–Trinajstić information content (AvgIpc) is 2.68. The summed E-state index contributed by atoms with van der Waals surface area (Å²) in [5.41, 5.74) is 0.0718. The van der Waals surface area contributed by atoms with Gasteiger partial charge in [0, 0.05) is 18.7 Å². The standard InChI is InChI=1S/C6H10O2.C4H5NO2S/c1-3-5-8-6(7)4-2;6-3-5-1-2-8-4(5)7-3/h3H,1,4-5H2,2H3;4H,1-2H2. The van der Waals surface area contributed by atoms with Crippen molar-refractivity contribution >= 4 is 23.8 Å². The second-order valence-electron chi connectivity index (χ2n) is 3.08. The van der Waals surface area contributed by atoms with Gasteiger partial charge in [-0.3, -0.25) is 9.69 Å². The number of esters is 1. The maximum atomic E-state index is 10.4. The number of amides is 1. The quantitative estimate of drug-likeness (QED) is 0.558. The van der Waals surface area contributed by atoms with E-state index in [1.54, 1.807) is 29.7 Å². The Labute approximate surface area is 98.8 Å². The van der Waals surface area contributed by atoms with Gasteiger partial charge in [-0.15, -0.1) is 0 Å². The first-order valence-corrected chi connectivity index (χ1v) is 6.09. The fraction of sp³-hybridized carbons (Fsp3) is 0.600. The van der Waals surface area contributed by atoms with Crippen molar-refractivity contribution in [2.24, 2.45) is 0 Å². The topological polar surface area (TPSA) is 55.8 Å². The molecule has 16 heavy (non-hydrogen) atoms. The molecular weight excluding hydrogens is 230 g/mol. The second kappa shape index (κ2) is 6.42. The van der Waals surface area contributed by atoms with E-state index < -0.39 is 0 Å². The zero-order valence-corrected chi connectivity index (χ0v) is 10.00. The van der Waals surface area contributed by atoms with Gasteiger partial charge in [0.2, 0.25) is 5.56 Å². The highest BCUT2D eigenvalue weighted by Crippen LogP contribution is 2.32. The molecule has 1 amide bonds. The summed E-state index contributed by atoms with van der Waals surface area (Å²) in [6, 6.07) is 0. The minimum Gasteiger partial charge on any atom is -0.461 e. The third-order valence-corrected chi connectivity index (χ3v) is 2.99. The molecule has 1 atom stereocenters. The number of nitrogens with zero attached hydrogens (tertiary/aromatic N) is 1. The molecule has 2 fully saturated rings. The number of rotatable bonds is 3. The van der Waals surface area contributed by atoms with Crippen LogP contribution in [0.5, 0.6) is 0 Å². The van der Waals surface area contributed by atoms with E-state index in [1.165, 1.54) is 0 Å². The predicted octanol–water partition coefficient (Wildman–Crippen LogP) is 1.59. The third kappa shape index (κ3) is 3.44. The van der Waals surface area contributed by atoms with Crippen molar-refractivity contribution in [1.82, 2.24) is 4.90 Å². The monoisotopic (exact) mass is 245 g/mol. The Morgan fingerprint density at radius 1 is 1.81 bits per heavy atom. The van der Waals surface area contributed by atoms with Crippen molar-refractivity contribution in [1.29, 1.82) is 0 Å². The summed E-state index contributed by atoms with van der Waals surface area (Å²) in [5.74, 6) is 0.848. The molecule has 2 aliphatic heterocycles. The normalized spacial score (nSPS) is 20.9. The molecule has 2 heterocycles. The van der Waals surface area contributed by atoms with Gasteiger partial charge in [-0.05, 0) is 0 Å². The van der Waals surface area contributed by atoms with Crippen LogP contribution in [0.15, 0.2) is 12.7 Å². The van der Waals surface area contributed by atoms with Crippen molar-refractivity contribution in [3.8, 4) is 0 Å². The maximum Gasteiger partial charge on any atom is 0.415 e. The molecule has 0 aromatic carbocycles. The number of carbonyl (C=O) groups is 2. The number of fused-ring (bicyclic) bond motifs is 1. The number of hydrogen-bond acceptors (Lipinski definition) is 5. The van der Waals surface area contributed by atoms with Crippen molar-refractivity contribution in [2.75, 3.05) is 18.9 Å². The van der Waals surface area contributed by atoms with Gasteiger partial charge in [0.1, 0.15) is 6.61 Å². The smallest absolute Gasteiger partial charge is 0.415 e. The molecule has 0 spiro atoms. The van der Waals surface area contributed by atoms with Crippen molar-refractivity contribution in [3.63, 3.8) is 0 Å². The summed E-state index contributed by atoms with van der Waals surface area (Å²) in [6.07, 6.45) is 1.83. The Hall–Kier alpha value is -1.17. The lowest BCUT2D eigenvalue weighted by atomic mass is 10.5. The predicted molar refractivity (Wildman–Crippen MR) is 60.9 cm³/mol. The van der Waals surface area contributed by atoms with Gasteiger partial charge < -0.3 is 9.47 Å². The lowest BCUT2D eigenvalue weighted by Crippen LogP contribution is -2.48. The molecule has 1 unspecified atom stereocenters. The van der Waals surface area contributed by atoms with Gasteiger partial charge in [0.15, 0.2) is 0 Å².